The summed E-state index contributed by atoms with van der Waals surface area (Å²) in [6.45, 7) is 1.92. The first kappa shape index (κ1) is 13.7. The van der Waals surface area contributed by atoms with Crippen LogP contribution >= 0.6 is 0 Å². The maximum Gasteiger partial charge on any atom is 0.339 e. The third kappa shape index (κ3) is 3.17. The Kier molecular flexibility index (Phi) is 4.27. The Morgan fingerprint density at radius 1 is 1.37 bits per heavy atom. The minimum Gasteiger partial charge on any atom is -0.493 e. The number of nitrogens with zero attached hydrogens (tertiary/aromatic N) is 1. The van der Waals surface area contributed by atoms with Gasteiger partial charge in [0.25, 0.3) is 0 Å². The highest BCUT2D eigenvalue weighted by atomic mass is 16.5. The molecular formula is C14H19NO4. The summed E-state index contributed by atoms with van der Waals surface area (Å²) >= 11 is 0. The summed E-state index contributed by atoms with van der Waals surface area (Å²) < 4.78 is 11.1. The van der Waals surface area contributed by atoms with Gasteiger partial charge in [-0.2, -0.15) is 0 Å². The smallest absolute Gasteiger partial charge is 0.339 e. The summed E-state index contributed by atoms with van der Waals surface area (Å²) in [4.78, 5) is 13.5. The monoisotopic (exact) mass is 265 g/mol. The predicted octanol–water partition coefficient (Wildman–Crippen LogP) is 1.87. The average molecular weight is 265 g/mol. The number of hydrogen-bond acceptors (Lipinski definition) is 4. The van der Waals surface area contributed by atoms with E-state index in [1.807, 2.05) is 0 Å². The highest BCUT2D eigenvalue weighted by molar-refractivity contribution is 5.92. The number of carbonyl (C=O) groups is 1. The third-order valence-electron chi connectivity index (χ3n) is 3.38. The zero-order valence-electron chi connectivity index (χ0n) is 11.3. The molecule has 1 aliphatic rings. The summed E-state index contributed by atoms with van der Waals surface area (Å²) in [7, 11) is 3.59. The molecule has 1 N–H and O–H groups in total. The fraction of sp³-hybridized carbons (Fsp3) is 0.500. The highest BCUT2D eigenvalue weighted by Gasteiger charge is 2.23. The molecule has 0 saturated carbocycles. The molecule has 0 atom stereocenters. The van der Waals surface area contributed by atoms with Crippen LogP contribution in [0.3, 0.4) is 0 Å². The summed E-state index contributed by atoms with van der Waals surface area (Å²) in [5.74, 6) is -0.187. The lowest BCUT2D eigenvalue weighted by atomic mass is 10.1. The molecule has 5 heteroatoms. The number of likely N-dealkylation sites (tertiary alicyclic amines) is 1. The number of carboxylic acids is 1. The van der Waals surface area contributed by atoms with Gasteiger partial charge in [0.15, 0.2) is 11.5 Å². The van der Waals surface area contributed by atoms with Gasteiger partial charge in [0, 0.05) is 13.1 Å². The van der Waals surface area contributed by atoms with Crippen LogP contribution in [-0.4, -0.2) is 49.3 Å². The molecule has 1 fully saturated rings. The Hall–Kier alpha value is -1.75. The van der Waals surface area contributed by atoms with E-state index in [9.17, 15) is 9.90 Å². The van der Waals surface area contributed by atoms with Crippen molar-refractivity contribution in [3.05, 3.63) is 23.8 Å². The molecule has 0 bridgehead atoms. The first-order chi connectivity index (χ1) is 9.11. The molecule has 2 rings (SSSR count). The van der Waals surface area contributed by atoms with E-state index < -0.39 is 5.97 Å². The van der Waals surface area contributed by atoms with Crippen molar-refractivity contribution in [1.82, 2.24) is 4.90 Å². The van der Waals surface area contributed by atoms with Crippen molar-refractivity contribution < 1.29 is 19.4 Å². The minimum absolute atomic E-state index is 0.0469. The Balaban J connectivity index is 2.20. The van der Waals surface area contributed by atoms with E-state index in [1.54, 1.807) is 12.1 Å². The van der Waals surface area contributed by atoms with Crippen LogP contribution in [0.5, 0.6) is 11.5 Å². The number of aromatic carboxylic acids is 1. The maximum atomic E-state index is 11.2. The topological polar surface area (TPSA) is 59.0 Å². The fourth-order valence-electron chi connectivity index (χ4n) is 2.24. The standard InChI is InChI=1S/C14H19NO4/c1-15-8-6-10(7-9-15)19-13-11(14(16)17)4-3-5-12(13)18-2/h3-5,10H,6-9H2,1-2H3,(H,16,17). The number of methoxy groups -OCH3 is 1. The van der Waals surface area contributed by atoms with E-state index >= 15 is 0 Å². The van der Waals surface area contributed by atoms with Crippen LogP contribution in [0.25, 0.3) is 0 Å². The molecule has 1 saturated heterocycles. The number of rotatable bonds is 4. The Morgan fingerprint density at radius 2 is 2.05 bits per heavy atom. The van der Waals surface area contributed by atoms with Gasteiger partial charge in [0.1, 0.15) is 11.7 Å². The maximum absolute atomic E-state index is 11.2. The van der Waals surface area contributed by atoms with Crippen molar-refractivity contribution in [1.29, 1.82) is 0 Å². The van der Waals surface area contributed by atoms with Crippen LogP contribution in [0.2, 0.25) is 0 Å². The summed E-state index contributed by atoms with van der Waals surface area (Å²) in [6, 6.07) is 4.91. The fourth-order valence-corrected chi connectivity index (χ4v) is 2.24. The molecule has 0 aliphatic carbocycles. The Labute approximate surface area is 112 Å². The first-order valence-corrected chi connectivity index (χ1v) is 6.37. The van der Waals surface area contributed by atoms with E-state index in [-0.39, 0.29) is 11.7 Å². The summed E-state index contributed by atoms with van der Waals surface area (Å²) in [5.41, 5.74) is 0.151. The molecule has 0 spiro atoms. The van der Waals surface area contributed by atoms with Crippen molar-refractivity contribution in [3.63, 3.8) is 0 Å². The van der Waals surface area contributed by atoms with Crippen molar-refractivity contribution in [2.24, 2.45) is 0 Å². The molecule has 0 radical (unpaired) electrons. The predicted molar refractivity (Wildman–Crippen MR) is 71.1 cm³/mol. The SMILES string of the molecule is COc1cccc(C(=O)O)c1OC1CCN(C)CC1. The van der Waals surface area contributed by atoms with Crippen LogP contribution in [0.15, 0.2) is 18.2 Å². The van der Waals surface area contributed by atoms with E-state index in [0.717, 1.165) is 25.9 Å². The lowest BCUT2D eigenvalue weighted by Gasteiger charge is -2.30. The van der Waals surface area contributed by atoms with Gasteiger partial charge in [-0.25, -0.2) is 4.79 Å². The van der Waals surface area contributed by atoms with Crippen LogP contribution < -0.4 is 9.47 Å². The number of para-hydroxylation sites is 1. The van der Waals surface area contributed by atoms with Crippen molar-refractivity contribution >= 4 is 5.97 Å². The second-order valence-corrected chi connectivity index (χ2v) is 4.76. The van der Waals surface area contributed by atoms with Gasteiger partial charge in [-0.1, -0.05) is 6.07 Å². The Bertz CT molecular complexity index is 453. The summed E-state index contributed by atoms with van der Waals surface area (Å²) in [5, 5.41) is 9.21. The molecule has 19 heavy (non-hydrogen) atoms. The number of ether oxygens (including phenoxy) is 2. The quantitative estimate of drug-likeness (QED) is 0.900. The van der Waals surface area contributed by atoms with E-state index in [1.165, 1.54) is 13.2 Å². The van der Waals surface area contributed by atoms with E-state index in [0.29, 0.717) is 11.5 Å². The number of piperidine rings is 1. The average Bonchev–Trinajstić information content (AvgIpc) is 2.41. The van der Waals surface area contributed by atoms with Crippen molar-refractivity contribution in [2.75, 3.05) is 27.2 Å². The van der Waals surface area contributed by atoms with Crippen LogP contribution in [-0.2, 0) is 0 Å². The zero-order chi connectivity index (χ0) is 13.8. The van der Waals surface area contributed by atoms with Crippen LogP contribution in [0.4, 0.5) is 0 Å². The van der Waals surface area contributed by atoms with Crippen LogP contribution in [0, 0.1) is 0 Å². The normalized spacial score (nSPS) is 17.2. The number of hydrogen-bond donors (Lipinski definition) is 1. The van der Waals surface area contributed by atoms with E-state index in [2.05, 4.69) is 11.9 Å². The van der Waals surface area contributed by atoms with Crippen molar-refractivity contribution in [3.8, 4) is 11.5 Å². The third-order valence-corrected chi connectivity index (χ3v) is 3.38. The molecule has 0 unspecified atom stereocenters. The second kappa shape index (κ2) is 5.93. The second-order valence-electron chi connectivity index (χ2n) is 4.76. The molecule has 104 valence electrons. The number of carboxylic acid groups (broad SMARTS) is 1. The molecular weight excluding hydrogens is 246 g/mol. The molecule has 5 nitrogen and oxygen atoms in total. The van der Waals surface area contributed by atoms with Gasteiger partial charge in [0.05, 0.1) is 7.11 Å². The lowest BCUT2D eigenvalue weighted by molar-refractivity contribution is 0.0678. The van der Waals surface area contributed by atoms with Crippen LogP contribution in [0.1, 0.15) is 23.2 Å². The van der Waals surface area contributed by atoms with Gasteiger partial charge >= 0.3 is 5.97 Å². The molecule has 1 heterocycles. The lowest BCUT2D eigenvalue weighted by Crippen LogP contribution is -2.36. The molecule has 1 aliphatic heterocycles. The van der Waals surface area contributed by atoms with Crippen molar-refractivity contribution in [2.45, 2.75) is 18.9 Å². The minimum atomic E-state index is -0.998. The van der Waals surface area contributed by atoms with Gasteiger partial charge < -0.3 is 19.5 Å². The van der Waals surface area contributed by atoms with Gasteiger partial charge in [-0.15, -0.1) is 0 Å². The van der Waals surface area contributed by atoms with Gasteiger partial charge in [0.2, 0.25) is 0 Å². The molecule has 0 aromatic heterocycles. The molecule has 1 aromatic carbocycles. The van der Waals surface area contributed by atoms with E-state index in [4.69, 9.17) is 9.47 Å². The number of benzene rings is 1. The summed E-state index contributed by atoms with van der Waals surface area (Å²) in [6.07, 6.45) is 1.84. The van der Waals surface area contributed by atoms with Gasteiger partial charge in [-0.05, 0) is 32.0 Å². The largest absolute Gasteiger partial charge is 0.493 e. The molecule has 1 aromatic rings. The zero-order valence-corrected chi connectivity index (χ0v) is 11.3. The highest BCUT2D eigenvalue weighted by Crippen LogP contribution is 2.33. The van der Waals surface area contributed by atoms with Gasteiger partial charge in [-0.3, -0.25) is 0 Å². The Morgan fingerprint density at radius 3 is 2.63 bits per heavy atom. The molecule has 0 amide bonds. The first-order valence-electron chi connectivity index (χ1n) is 6.37.